The minimum Gasteiger partial charge on any atom is -0.384 e. The third-order valence-electron chi connectivity index (χ3n) is 5.68. The summed E-state index contributed by atoms with van der Waals surface area (Å²) in [5, 5.41) is 4.25. The molecule has 1 fully saturated rings. The zero-order chi connectivity index (χ0) is 22.2. The van der Waals surface area contributed by atoms with Gasteiger partial charge < -0.3 is 9.74 Å². The Morgan fingerprint density at radius 1 is 1.16 bits per heavy atom. The van der Waals surface area contributed by atoms with Gasteiger partial charge in [0, 0.05) is 36.5 Å². The number of piperazine rings is 1. The second-order valence-corrected chi connectivity index (χ2v) is 7.89. The molecule has 0 N–H and O–H groups in total. The van der Waals surface area contributed by atoms with Gasteiger partial charge >= 0.3 is 0 Å². The quantitative estimate of drug-likeness (QED) is 0.695. The topological polar surface area (TPSA) is 105 Å². The maximum atomic E-state index is 13.0. The second-order valence-electron chi connectivity index (χ2n) is 7.89. The highest BCUT2D eigenvalue weighted by Crippen LogP contribution is 2.35. The van der Waals surface area contributed by atoms with Gasteiger partial charge in [-0.05, 0) is 44.0 Å². The van der Waals surface area contributed by atoms with E-state index in [-0.39, 0.29) is 30.8 Å². The molecule has 1 atom stereocenters. The molecule has 1 saturated heterocycles. The number of aryl methyl sites for hydroxylation is 1. The molecule has 31 heavy (non-hydrogen) atoms. The highest BCUT2D eigenvalue weighted by Gasteiger charge is 2.38. The molecule has 2 aliphatic rings. The van der Waals surface area contributed by atoms with Crippen LogP contribution in [0.15, 0.2) is 42.1 Å². The van der Waals surface area contributed by atoms with Crippen molar-refractivity contribution in [3.63, 3.8) is 0 Å². The summed E-state index contributed by atoms with van der Waals surface area (Å²) in [7, 11) is 0. The zero-order valence-electron chi connectivity index (χ0n) is 17.7. The van der Waals surface area contributed by atoms with Crippen molar-refractivity contribution in [2.45, 2.75) is 32.8 Å². The van der Waals surface area contributed by atoms with Gasteiger partial charge in [0.15, 0.2) is 5.60 Å². The highest BCUT2D eigenvalue weighted by atomic mass is 16.7. The van der Waals surface area contributed by atoms with Crippen molar-refractivity contribution in [1.29, 1.82) is 0 Å². The van der Waals surface area contributed by atoms with E-state index in [4.69, 9.17) is 4.84 Å². The van der Waals surface area contributed by atoms with Gasteiger partial charge in [-0.3, -0.25) is 19.3 Å². The van der Waals surface area contributed by atoms with Crippen LogP contribution in [0.25, 0.3) is 0 Å². The molecule has 0 spiro atoms. The summed E-state index contributed by atoms with van der Waals surface area (Å²) in [6, 6.07) is 5.38. The lowest BCUT2D eigenvalue weighted by atomic mass is 9.90. The Balaban J connectivity index is 1.51. The number of likely N-dealkylation sites (N-methyl/N-ethyl adjacent to an activating group) is 1. The van der Waals surface area contributed by atoms with Crippen LogP contribution in [0.2, 0.25) is 0 Å². The van der Waals surface area contributed by atoms with Crippen molar-refractivity contribution in [2.24, 2.45) is 5.16 Å². The third-order valence-corrected chi connectivity index (χ3v) is 5.68. The molecule has 1 unspecified atom stereocenters. The maximum absolute atomic E-state index is 13.0. The number of hydrogen-bond acceptors (Lipinski definition) is 7. The van der Waals surface area contributed by atoms with Gasteiger partial charge in [-0.1, -0.05) is 11.2 Å². The van der Waals surface area contributed by atoms with Crippen molar-refractivity contribution >= 4 is 23.4 Å². The Labute approximate surface area is 179 Å². The van der Waals surface area contributed by atoms with Crippen LogP contribution in [0.4, 0.5) is 0 Å². The second kappa shape index (κ2) is 7.90. The molecule has 9 nitrogen and oxygen atoms in total. The van der Waals surface area contributed by atoms with Crippen molar-refractivity contribution < 1.29 is 19.2 Å². The van der Waals surface area contributed by atoms with Gasteiger partial charge in [-0.25, -0.2) is 9.97 Å². The lowest BCUT2D eigenvalue weighted by molar-refractivity contribution is -0.149. The van der Waals surface area contributed by atoms with E-state index in [9.17, 15) is 14.4 Å². The summed E-state index contributed by atoms with van der Waals surface area (Å²) in [4.78, 5) is 53.5. The van der Waals surface area contributed by atoms with Gasteiger partial charge in [0.25, 0.3) is 5.91 Å². The lowest BCUT2D eigenvalue weighted by Gasteiger charge is -2.32. The first-order valence-electron chi connectivity index (χ1n) is 10.1. The number of oxime groups is 1. The van der Waals surface area contributed by atoms with Crippen molar-refractivity contribution in [3.05, 3.63) is 59.2 Å². The van der Waals surface area contributed by atoms with Crippen LogP contribution >= 0.6 is 0 Å². The smallest absolute Gasteiger partial charge is 0.255 e. The molecule has 9 heteroatoms. The molecule has 2 aromatic rings. The highest BCUT2D eigenvalue weighted by molar-refractivity contribution is 6.07. The average Bonchev–Trinajstić information content (AvgIpc) is 3.17. The summed E-state index contributed by atoms with van der Waals surface area (Å²) < 4.78 is 0. The number of carbonyl (C=O) groups excluding carboxylic acids is 3. The summed E-state index contributed by atoms with van der Waals surface area (Å²) in [6.45, 7) is 5.60. The van der Waals surface area contributed by atoms with Gasteiger partial charge in [-0.2, -0.15) is 0 Å². The van der Waals surface area contributed by atoms with Gasteiger partial charge in [0.1, 0.15) is 19.4 Å². The van der Waals surface area contributed by atoms with Crippen LogP contribution in [-0.4, -0.2) is 62.8 Å². The predicted molar refractivity (Wildman–Crippen MR) is 111 cm³/mol. The normalized spacial score (nSPS) is 21.2. The molecule has 1 aromatic heterocycles. The number of nitrogens with zero attached hydrogens (tertiary/aromatic N) is 5. The van der Waals surface area contributed by atoms with E-state index in [1.54, 1.807) is 25.4 Å². The lowest BCUT2D eigenvalue weighted by Crippen LogP contribution is -2.55. The number of rotatable bonds is 4. The number of hydrogen-bond donors (Lipinski definition) is 0. The molecule has 1 aromatic carbocycles. The first-order chi connectivity index (χ1) is 14.8. The molecular formula is C22H23N5O4. The fourth-order valence-corrected chi connectivity index (χ4v) is 3.86. The molecule has 3 amide bonds. The largest absolute Gasteiger partial charge is 0.384 e. The Kier molecular flexibility index (Phi) is 5.26. The first kappa shape index (κ1) is 20.6. The van der Waals surface area contributed by atoms with E-state index in [0.717, 1.165) is 22.4 Å². The average molecular weight is 421 g/mol. The molecule has 0 radical (unpaired) electrons. The molecule has 3 heterocycles. The summed E-state index contributed by atoms with van der Waals surface area (Å²) >= 11 is 0. The molecule has 4 rings (SSSR count). The fraction of sp³-hybridized carbons (Fsp3) is 0.364. The SMILES string of the molecule is CCN1C(=O)CN(C(=O)c2ccc(C3=NOC(C)(c4cncnc4)C3)cc2C)CC1=O. The monoisotopic (exact) mass is 421 g/mol. The Bertz CT molecular complexity index is 1070. The van der Waals surface area contributed by atoms with Crippen molar-refractivity contribution in [1.82, 2.24) is 19.8 Å². The number of imide groups is 1. The molecular weight excluding hydrogens is 398 g/mol. The van der Waals surface area contributed by atoms with E-state index in [2.05, 4.69) is 15.1 Å². The third kappa shape index (κ3) is 3.78. The van der Waals surface area contributed by atoms with Crippen molar-refractivity contribution in [2.75, 3.05) is 19.6 Å². The van der Waals surface area contributed by atoms with Crippen LogP contribution in [0.3, 0.4) is 0 Å². The molecule has 2 aliphatic heterocycles. The van der Waals surface area contributed by atoms with E-state index in [1.165, 1.54) is 16.1 Å². The van der Waals surface area contributed by atoms with E-state index < -0.39 is 5.60 Å². The summed E-state index contributed by atoms with van der Waals surface area (Å²) in [5.74, 6) is -1.05. The number of aromatic nitrogens is 2. The van der Waals surface area contributed by atoms with Gasteiger partial charge in [0.05, 0.1) is 5.71 Å². The van der Waals surface area contributed by atoms with E-state index in [1.807, 2.05) is 26.0 Å². The minimum atomic E-state index is -0.654. The van der Waals surface area contributed by atoms with Crippen LogP contribution in [-0.2, 0) is 20.0 Å². The minimum absolute atomic E-state index is 0.0995. The number of amides is 3. The summed E-state index contributed by atoms with van der Waals surface area (Å²) in [6.07, 6.45) is 5.42. The van der Waals surface area contributed by atoms with Crippen molar-refractivity contribution in [3.8, 4) is 0 Å². The molecule has 160 valence electrons. The van der Waals surface area contributed by atoms with Crippen LogP contribution in [0.5, 0.6) is 0 Å². The fourth-order valence-electron chi connectivity index (χ4n) is 3.86. The number of carbonyl (C=O) groups is 3. The Hall–Kier alpha value is -3.62. The standard InChI is InChI=1S/C22H23N5O4/c1-4-27-19(28)11-26(12-20(27)29)21(30)17-6-5-15(7-14(17)2)18-8-22(3,31-25-18)16-9-23-13-24-10-16/h5-7,9-10,13H,4,8,11-12H2,1-3H3. The first-order valence-corrected chi connectivity index (χ1v) is 10.1. The van der Waals surface area contributed by atoms with Gasteiger partial charge in [-0.15, -0.1) is 0 Å². The predicted octanol–water partition coefficient (Wildman–Crippen LogP) is 1.66. The van der Waals surface area contributed by atoms with E-state index >= 15 is 0 Å². The molecule has 0 aliphatic carbocycles. The maximum Gasteiger partial charge on any atom is 0.255 e. The summed E-state index contributed by atoms with van der Waals surface area (Å²) in [5.41, 5.74) is 2.97. The van der Waals surface area contributed by atoms with Crippen LogP contribution < -0.4 is 0 Å². The zero-order valence-corrected chi connectivity index (χ0v) is 17.7. The van der Waals surface area contributed by atoms with Crippen LogP contribution in [0, 0.1) is 6.92 Å². The molecule has 0 saturated carbocycles. The molecule has 0 bridgehead atoms. The Morgan fingerprint density at radius 3 is 2.45 bits per heavy atom. The van der Waals surface area contributed by atoms with Crippen LogP contribution in [0.1, 0.15) is 47.3 Å². The van der Waals surface area contributed by atoms with E-state index in [0.29, 0.717) is 18.5 Å². The Morgan fingerprint density at radius 2 is 1.84 bits per heavy atom. The van der Waals surface area contributed by atoms with Gasteiger partial charge in [0.2, 0.25) is 11.8 Å². The number of benzene rings is 1.